The van der Waals surface area contributed by atoms with Gasteiger partial charge in [0.25, 0.3) is 0 Å². The maximum Gasteiger partial charge on any atom is 0.102 e. The molecule has 6 aromatic rings. The van der Waals surface area contributed by atoms with Crippen LogP contribution in [0, 0.1) is 41.4 Å². The van der Waals surface area contributed by atoms with Crippen molar-refractivity contribution in [2.75, 3.05) is 4.90 Å². The lowest BCUT2D eigenvalue weighted by Gasteiger charge is -2.62. The van der Waals surface area contributed by atoms with Crippen molar-refractivity contribution in [2.45, 2.75) is 89.8 Å². The molecule has 0 N–H and O–H groups in total. The molecule has 2 spiro atoms. The molecule has 1 aliphatic heterocycles. The number of fused-ring (bicyclic) bond motifs is 16. The summed E-state index contributed by atoms with van der Waals surface area (Å²) in [5, 5.41) is 7.96. The second kappa shape index (κ2) is 11.9. The quantitative estimate of drug-likeness (QED) is 0.167. The number of benzene rings is 6. The molecule has 53 heavy (non-hydrogen) atoms. The lowest BCUT2D eigenvalue weighted by Crippen LogP contribution is -2.60. The van der Waals surface area contributed by atoms with Gasteiger partial charge in [-0.1, -0.05) is 125 Å². The first-order chi connectivity index (χ1) is 26.0. The van der Waals surface area contributed by atoms with Gasteiger partial charge in [0.05, 0.1) is 11.4 Å². The molecule has 268 valence electrons. The van der Waals surface area contributed by atoms with Crippen LogP contribution in [0.1, 0.15) is 89.7 Å². The number of nitrogens with zero attached hydrogens (tertiary/aromatic N) is 1. The Bertz CT molecular complexity index is 2350. The minimum absolute atomic E-state index is 0.328. The molecule has 4 aliphatic carbocycles. The molecule has 1 heterocycles. The highest BCUT2D eigenvalue weighted by molar-refractivity contribution is 6.25. The Morgan fingerprint density at radius 2 is 1.13 bits per heavy atom. The van der Waals surface area contributed by atoms with Crippen LogP contribution in [0.2, 0.25) is 0 Å². The van der Waals surface area contributed by atoms with Crippen molar-refractivity contribution in [1.82, 2.24) is 0 Å². The smallest absolute Gasteiger partial charge is 0.102 e. The Labute approximate surface area is 315 Å². The molecule has 0 amide bonds. The Balaban J connectivity index is 1.24. The van der Waals surface area contributed by atoms with Gasteiger partial charge in [0, 0.05) is 16.8 Å². The second-order valence-corrected chi connectivity index (χ2v) is 18.1. The predicted molar refractivity (Wildman–Crippen MR) is 221 cm³/mol. The number of anilines is 3. The highest BCUT2D eigenvalue weighted by atomic mass is 16.5. The monoisotopic (exact) mass is 695 g/mol. The molecule has 4 fully saturated rings. The van der Waals surface area contributed by atoms with E-state index in [1.807, 2.05) is 0 Å². The van der Waals surface area contributed by atoms with Gasteiger partial charge in [-0.05, 0) is 143 Å². The summed E-state index contributed by atoms with van der Waals surface area (Å²) < 4.78 is 8.61. The first-order valence-corrected chi connectivity index (χ1v) is 21.0. The van der Waals surface area contributed by atoms with E-state index < -0.39 is 0 Å². The lowest BCUT2D eigenvalue weighted by atomic mass is 9.54. The van der Waals surface area contributed by atoms with Gasteiger partial charge >= 0.3 is 0 Å². The number of para-hydroxylation sites is 2. The van der Waals surface area contributed by atoms with Crippen molar-refractivity contribution >= 4 is 49.4 Å². The molecule has 6 aromatic carbocycles. The molecule has 4 bridgehead atoms. The third-order valence-electron chi connectivity index (χ3n) is 15.4. The maximum atomic E-state index is 8.61. The van der Waals surface area contributed by atoms with Gasteiger partial charge in [-0.3, -0.25) is 0 Å². The van der Waals surface area contributed by atoms with Gasteiger partial charge in [-0.25, -0.2) is 0 Å². The number of hydrogen-bond donors (Lipinski definition) is 0. The fourth-order valence-electron chi connectivity index (χ4n) is 13.5. The van der Waals surface area contributed by atoms with Crippen LogP contribution in [-0.2, 0) is 15.9 Å². The molecule has 0 saturated heterocycles. The van der Waals surface area contributed by atoms with Gasteiger partial charge < -0.3 is 9.64 Å². The average molecular weight is 696 g/mol. The standard InChI is InChI=1S/C51H53NO/c1-4-36-28-34-21-22-37(29-34)51(36)47-18-10-12-20-49(47)52(39-23-24-44-42-15-6-5-13-40(42)41-14-7-8-16-43(41)45(44)31-39)48-19-11-9-17-46(48)50(53-51)33(3)27-35-25-32(2)26-38(50)30-35/h5-20,23-24,31-38H,4,21-22,25-30H2,1-3H3. The Hall–Kier alpha value is -4.14. The molecule has 9 atom stereocenters. The topological polar surface area (TPSA) is 12.5 Å². The lowest BCUT2D eigenvalue weighted by molar-refractivity contribution is -0.285. The Morgan fingerprint density at radius 3 is 1.81 bits per heavy atom. The van der Waals surface area contributed by atoms with Crippen molar-refractivity contribution in [3.63, 3.8) is 0 Å². The van der Waals surface area contributed by atoms with Crippen molar-refractivity contribution in [3.8, 4) is 0 Å². The van der Waals surface area contributed by atoms with Crippen molar-refractivity contribution in [3.05, 3.63) is 126 Å². The van der Waals surface area contributed by atoms with Crippen LogP contribution in [0.4, 0.5) is 17.1 Å². The zero-order valence-corrected chi connectivity index (χ0v) is 31.7. The first kappa shape index (κ1) is 32.3. The summed E-state index contributed by atoms with van der Waals surface area (Å²) >= 11 is 0. The first-order valence-electron chi connectivity index (χ1n) is 21.0. The highest BCUT2D eigenvalue weighted by Gasteiger charge is 2.63. The third kappa shape index (κ3) is 4.48. The SMILES string of the molecule is CCC1CC2CCC(C2)C12OC1(c3ccccc3N(c3ccc4c5ccccc5c5ccccc5c4c3)c3ccccc32)C(C)CC2CC(C)CC1C2. The maximum absolute atomic E-state index is 8.61. The molecule has 4 saturated carbocycles. The fraction of sp³-hybridized carbons (Fsp3) is 0.412. The molecule has 5 aliphatic rings. The summed E-state index contributed by atoms with van der Waals surface area (Å²) in [4.78, 5) is 2.69. The molecular weight excluding hydrogens is 643 g/mol. The van der Waals surface area contributed by atoms with Gasteiger partial charge in [0.1, 0.15) is 11.2 Å². The van der Waals surface area contributed by atoms with E-state index in [1.54, 1.807) is 0 Å². The van der Waals surface area contributed by atoms with Gasteiger partial charge in [-0.2, -0.15) is 0 Å². The van der Waals surface area contributed by atoms with Crippen LogP contribution in [0.3, 0.4) is 0 Å². The van der Waals surface area contributed by atoms with E-state index in [-0.39, 0.29) is 11.2 Å². The molecule has 0 aromatic heterocycles. The van der Waals surface area contributed by atoms with E-state index >= 15 is 0 Å². The second-order valence-electron chi connectivity index (χ2n) is 18.1. The summed E-state index contributed by atoms with van der Waals surface area (Å²) in [5.41, 5.74) is 6.04. The summed E-state index contributed by atoms with van der Waals surface area (Å²) in [6.07, 6.45) is 11.6. The van der Waals surface area contributed by atoms with Crippen LogP contribution in [-0.4, -0.2) is 0 Å². The van der Waals surface area contributed by atoms with Crippen molar-refractivity contribution < 1.29 is 4.74 Å². The van der Waals surface area contributed by atoms with E-state index in [0.717, 1.165) is 24.2 Å². The van der Waals surface area contributed by atoms with Gasteiger partial charge in [0.15, 0.2) is 0 Å². The van der Waals surface area contributed by atoms with Crippen LogP contribution in [0.25, 0.3) is 32.3 Å². The number of ether oxygens (including phenoxy) is 1. The van der Waals surface area contributed by atoms with E-state index in [2.05, 4.69) is 141 Å². The van der Waals surface area contributed by atoms with E-state index in [1.165, 1.54) is 112 Å². The summed E-state index contributed by atoms with van der Waals surface area (Å²) in [6, 6.07) is 44.4. The van der Waals surface area contributed by atoms with Gasteiger partial charge in [-0.15, -0.1) is 0 Å². The largest absolute Gasteiger partial charge is 0.358 e. The molecule has 9 unspecified atom stereocenters. The van der Waals surface area contributed by atoms with Crippen LogP contribution in [0.15, 0.2) is 115 Å². The zero-order valence-electron chi connectivity index (χ0n) is 31.7. The number of hydrogen-bond acceptors (Lipinski definition) is 2. The van der Waals surface area contributed by atoms with Crippen LogP contribution >= 0.6 is 0 Å². The van der Waals surface area contributed by atoms with Crippen molar-refractivity contribution in [1.29, 1.82) is 0 Å². The summed E-state index contributed by atoms with van der Waals surface area (Å²) in [5.74, 6) is 4.35. The normalized spacial score (nSPS) is 33.3. The average Bonchev–Trinajstić information content (AvgIpc) is 3.61. The number of rotatable bonds is 2. The van der Waals surface area contributed by atoms with Crippen LogP contribution in [0.5, 0.6) is 0 Å². The summed E-state index contributed by atoms with van der Waals surface area (Å²) in [7, 11) is 0. The molecular formula is C51H53NO. The summed E-state index contributed by atoms with van der Waals surface area (Å²) in [6.45, 7) is 7.56. The predicted octanol–water partition coefficient (Wildman–Crippen LogP) is 14.0. The van der Waals surface area contributed by atoms with Gasteiger partial charge in [0.2, 0.25) is 0 Å². The van der Waals surface area contributed by atoms with E-state index in [4.69, 9.17) is 4.74 Å². The third-order valence-corrected chi connectivity index (χ3v) is 15.4. The molecule has 0 radical (unpaired) electrons. The van der Waals surface area contributed by atoms with E-state index in [0.29, 0.717) is 23.7 Å². The molecule has 2 nitrogen and oxygen atoms in total. The Morgan fingerprint density at radius 1 is 0.547 bits per heavy atom. The van der Waals surface area contributed by atoms with Crippen molar-refractivity contribution in [2.24, 2.45) is 41.4 Å². The Kier molecular flexibility index (Phi) is 7.27. The zero-order chi connectivity index (χ0) is 35.5. The highest BCUT2D eigenvalue weighted by Crippen LogP contribution is 2.68. The molecule has 11 rings (SSSR count). The fourth-order valence-corrected chi connectivity index (χ4v) is 13.5. The minimum atomic E-state index is -0.351. The molecule has 2 heteroatoms. The van der Waals surface area contributed by atoms with E-state index in [9.17, 15) is 0 Å². The minimum Gasteiger partial charge on any atom is -0.358 e. The van der Waals surface area contributed by atoms with Crippen LogP contribution < -0.4 is 4.90 Å².